The Kier molecular flexibility index (Phi) is 2.60. The monoisotopic (exact) mass is 168 g/mol. The molecule has 2 atom stereocenters. The Bertz CT molecular complexity index is 176. The van der Waals surface area contributed by atoms with Crippen molar-refractivity contribution in [3.63, 3.8) is 0 Å². The number of carbonyl (C=O) groups excluding carboxylic acids is 1. The van der Waals surface area contributed by atoms with E-state index in [1.54, 1.807) is 0 Å². The highest BCUT2D eigenvalue weighted by atomic mass is 16.1. The first-order valence-corrected chi connectivity index (χ1v) is 4.94. The first-order chi connectivity index (χ1) is 5.41. The van der Waals surface area contributed by atoms with Crippen molar-refractivity contribution in [1.29, 1.82) is 0 Å². The molecule has 70 valence electrons. The Morgan fingerprint density at radius 2 is 1.83 bits per heavy atom. The third kappa shape index (κ3) is 2.09. The average Bonchev–Trinajstić information content (AvgIpc) is 1.83. The minimum Gasteiger partial charge on any atom is -0.299 e. The molecule has 1 saturated carbocycles. The second kappa shape index (κ2) is 3.20. The summed E-state index contributed by atoms with van der Waals surface area (Å²) in [4.78, 5) is 11.7. The van der Waals surface area contributed by atoms with E-state index in [2.05, 4.69) is 27.7 Å². The Labute approximate surface area is 75.5 Å². The van der Waals surface area contributed by atoms with Crippen LogP contribution >= 0.6 is 0 Å². The summed E-state index contributed by atoms with van der Waals surface area (Å²) in [7, 11) is 0. The van der Waals surface area contributed by atoms with E-state index in [4.69, 9.17) is 0 Å². The summed E-state index contributed by atoms with van der Waals surface area (Å²) in [5, 5.41) is 0. The fourth-order valence-corrected chi connectivity index (χ4v) is 2.12. The van der Waals surface area contributed by atoms with Gasteiger partial charge >= 0.3 is 0 Å². The molecule has 0 radical (unpaired) electrons. The largest absolute Gasteiger partial charge is 0.299 e. The van der Waals surface area contributed by atoms with Crippen LogP contribution in [0.1, 0.15) is 47.0 Å². The number of carbonyl (C=O) groups is 1. The van der Waals surface area contributed by atoms with Crippen LogP contribution in [0.3, 0.4) is 0 Å². The lowest BCUT2D eigenvalue weighted by molar-refractivity contribution is -0.129. The van der Waals surface area contributed by atoms with Gasteiger partial charge in [-0.15, -0.1) is 0 Å². The van der Waals surface area contributed by atoms with Crippen LogP contribution in [0.15, 0.2) is 0 Å². The van der Waals surface area contributed by atoms with Crippen LogP contribution < -0.4 is 0 Å². The molecule has 1 aliphatic rings. The van der Waals surface area contributed by atoms with E-state index in [0.29, 0.717) is 17.6 Å². The van der Waals surface area contributed by atoms with Crippen molar-refractivity contribution in [3.05, 3.63) is 0 Å². The molecule has 1 fully saturated rings. The van der Waals surface area contributed by atoms with Crippen molar-refractivity contribution in [3.8, 4) is 0 Å². The zero-order valence-electron chi connectivity index (χ0n) is 8.68. The fourth-order valence-electron chi connectivity index (χ4n) is 2.12. The van der Waals surface area contributed by atoms with E-state index in [-0.39, 0.29) is 5.41 Å². The minimum absolute atomic E-state index is 0.178. The van der Waals surface area contributed by atoms with Crippen molar-refractivity contribution in [2.75, 3.05) is 0 Å². The molecule has 0 aliphatic heterocycles. The van der Waals surface area contributed by atoms with Gasteiger partial charge in [-0.2, -0.15) is 0 Å². The molecule has 0 spiro atoms. The summed E-state index contributed by atoms with van der Waals surface area (Å²) in [6, 6.07) is 0. The van der Waals surface area contributed by atoms with Crippen LogP contribution in [0.2, 0.25) is 0 Å². The summed E-state index contributed by atoms with van der Waals surface area (Å²) in [6.45, 7) is 8.69. The van der Waals surface area contributed by atoms with Crippen molar-refractivity contribution >= 4 is 5.78 Å². The highest BCUT2D eigenvalue weighted by Crippen LogP contribution is 2.37. The second-order valence-corrected chi connectivity index (χ2v) is 5.27. The number of Topliss-reactive ketones (excluding diaryl/α,β-unsaturated/α-hetero) is 1. The molecule has 0 N–H and O–H groups in total. The topological polar surface area (TPSA) is 17.1 Å². The summed E-state index contributed by atoms with van der Waals surface area (Å²) in [5.41, 5.74) is 0.178. The summed E-state index contributed by atoms with van der Waals surface area (Å²) in [6.07, 6.45) is 3.14. The first kappa shape index (κ1) is 9.76. The van der Waals surface area contributed by atoms with Crippen molar-refractivity contribution in [2.24, 2.45) is 17.3 Å². The molecular formula is C11H20O. The van der Waals surface area contributed by atoms with Crippen LogP contribution in [0.4, 0.5) is 0 Å². The average molecular weight is 168 g/mol. The summed E-state index contributed by atoms with van der Waals surface area (Å²) < 4.78 is 0. The van der Waals surface area contributed by atoms with Gasteiger partial charge < -0.3 is 0 Å². The third-order valence-electron chi connectivity index (χ3n) is 2.93. The quantitative estimate of drug-likeness (QED) is 0.543. The molecule has 0 amide bonds. The number of hydrogen-bond acceptors (Lipinski definition) is 1. The zero-order valence-corrected chi connectivity index (χ0v) is 8.68. The second-order valence-electron chi connectivity index (χ2n) is 5.27. The third-order valence-corrected chi connectivity index (χ3v) is 2.93. The molecule has 0 aromatic carbocycles. The van der Waals surface area contributed by atoms with Crippen LogP contribution in [-0.4, -0.2) is 5.78 Å². The van der Waals surface area contributed by atoms with Gasteiger partial charge in [-0.1, -0.05) is 27.7 Å². The van der Waals surface area contributed by atoms with Gasteiger partial charge in [0.15, 0.2) is 0 Å². The lowest BCUT2D eigenvalue weighted by Gasteiger charge is -2.34. The molecule has 0 aromatic rings. The van der Waals surface area contributed by atoms with Crippen molar-refractivity contribution in [2.45, 2.75) is 47.0 Å². The molecule has 0 aromatic heterocycles. The van der Waals surface area contributed by atoms with Crippen LogP contribution in [0, 0.1) is 17.3 Å². The SMILES string of the molecule is C[C@@H]1CCC(C(C)(C)C)C(=O)C1. The molecule has 12 heavy (non-hydrogen) atoms. The number of hydrogen-bond donors (Lipinski definition) is 0. The van der Waals surface area contributed by atoms with E-state index in [9.17, 15) is 4.79 Å². The Morgan fingerprint density at radius 1 is 1.25 bits per heavy atom. The highest BCUT2D eigenvalue weighted by Gasteiger charge is 2.34. The smallest absolute Gasteiger partial charge is 0.136 e. The van der Waals surface area contributed by atoms with Crippen molar-refractivity contribution < 1.29 is 4.79 Å². The first-order valence-electron chi connectivity index (χ1n) is 4.94. The molecule has 1 aliphatic carbocycles. The van der Waals surface area contributed by atoms with Gasteiger partial charge in [-0.25, -0.2) is 0 Å². The summed E-state index contributed by atoms with van der Waals surface area (Å²) >= 11 is 0. The molecular weight excluding hydrogens is 148 g/mol. The fraction of sp³-hybridized carbons (Fsp3) is 0.909. The maximum atomic E-state index is 11.7. The Balaban J connectivity index is 2.63. The molecule has 1 heteroatoms. The van der Waals surface area contributed by atoms with Gasteiger partial charge in [0.2, 0.25) is 0 Å². The van der Waals surface area contributed by atoms with Crippen LogP contribution in [-0.2, 0) is 4.79 Å². The van der Waals surface area contributed by atoms with Gasteiger partial charge in [0.05, 0.1) is 0 Å². The van der Waals surface area contributed by atoms with E-state index in [1.807, 2.05) is 0 Å². The van der Waals surface area contributed by atoms with E-state index in [0.717, 1.165) is 12.8 Å². The maximum absolute atomic E-state index is 11.7. The van der Waals surface area contributed by atoms with E-state index in [1.165, 1.54) is 6.42 Å². The molecule has 1 rings (SSSR count). The lowest BCUT2D eigenvalue weighted by Crippen LogP contribution is -2.33. The molecule has 1 unspecified atom stereocenters. The Morgan fingerprint density at radius 3 is 2.25 bits per heavy atom. The molecule has 0 bridgehead atoms. The number of ketones is 1. The highest BCUT2D eigenvalue weighted by molar-refractivity contribution is 5.82. The van der Waals surface area contributed by atoms with Crippen LogP contribution in [0.5, 0.6) is 0 Å². The standard InChI is InChI=1S/C11H20O/c1-8-5-6-9(10(12)7-8)11(2,3)4/h8-9H,5-7H2,1-4H3/t8-,9?/m1/s1. The zero-order chi connectivity index (χ0) is 9.35. The minimum atomic E-state index is 0.178. The van der Waals surface area contributed by atoms with Gasteiger partial charge in [0.1, 0.15) is 5.78 Å². The van der Waals surface area contributed by atoms with Crippen LogP contribution in [0.25, 0.3) is 0 Å². The molecule has 0 saturated heterocycles. The van der Waals surface area contributed by atoms with E-state index < -0.39 is 0 Å². The predicted octanol–water partition coefficient (Wildman–Crippen LogP) is 3.04. The van der Waals surface area contributed by atoms with Crippen molar-refractivity contribution in [1.82, 2.24) is 0 Å². The summed E-state index contributed by atoms with van der Waals surface area (Å²) in [5.74, 6) is 1.42. The lowest BCUT2D eigenvalue weighted by atomic mass is 9.69. The van der Waals surface area contributed by atoms with Gasteiger partial charge in [-0.05, 0) is 24.2 Å². The van der Waals surface area contributed by atoms with Gasteiger partial charge in [0, 0.05) is 12.3 Å². The molecule has 1 nitrogen and oxygen atoms in total. The van der Waals surface area contributed by atoms with E-state index >= 15 is 0 Å². The van der Waals surface area contributed by atoms with Gasteiger partial charge in [-0.3, -0.25) is 4.79 Å². The Hall–Kier alpha value is -0.330. The number of rotatable bonds is 0. The maximum Gasteiger partial charge on any atom is 0.136 e. The normalized spacial score (nSPS) is 32.2. The predicted molar refractivity (Wildman–Crippen MR) is 51.0 cm³/mol. The molecule has 0 heterocycles. The van der Waals surface area contributed by atoms with Gasteiger partial charge in [0.25, 0.3) is 0 Å².